The lowest BCUT2D eigenvalue weighted by Crippen LogP contribution is -2.34. The van der Waals surface area contributed by atoms with Crippen molar-refractivity contribution in [1.29, 1.82) is 0 Å². The topological polar surface area (TPSA) is 69.0 Å². The molecule has 1 aliphatic carbocycles. The van der Waals surface area contributed by atoms with Crippen molar-refractivity contribution in [2.45, 2.75) is 44.1 Å². The number of rotatable bonds is 6. The number of nitrogens with zero attached hydrogens (tertiary/aromatic N) is 3. The van der Waals surface area contributed by atoms with E-state index in [0.717, 1.165) is 10.7 Å². The van der Waals surface area contributed by atoms with Crippen molar-refractivity contribution in [2.75, 3.05) is 12.4 Å². The first-order chi connectivity index (χ1) is 15.5. The number of aromatic nitrogens is 3. The van der Waals surface area contributed by atoms with E-state index in [9.17, 15) is 26.7 Å². The van der Waals surface area contributed by atoms with Gasteiger partial charge in [-0.05, 0) is 13.0 Å². The number of aryl methyl sites for hydroxylation is 1. The third-order valence-corrected chi connectivity index (χ3v) is 5.85. The molecule has 0 radical (unpaired) electrons. The molecule has 1 fully saturated rings. The van der Waals surface area contributed by atoms with Crippen molar-refractivity contribution in [2.24, 2.45) is 7.05 Å². The molecule has 176 valence electrons. The molecule has 1 atom stereocenters. The zero-order valence-electron chi connectivity index (χ0n) is 18.0. The maximum Gasteiger partial charge on any atom is 0.293 e. The van der Waals surface area contributed by atoms with Crippen molar-refractivity contribution in [3.05, 3.63) is 57.1 Å². The number of benzene rings is 1. The van der Waals surface area contributed by atoms with Crippen molar-refractivity contribution in [3.63, 3.8) is 0 Å². The fraction of sp³-hybridized carbons (Fsp3) is 0.409. The SMILES string of the molecule is COc1nc2c(=O)n(C)nc(N[C@H](C)c3cccc(C(F)F)c3F)c2cc1C1CC(F)(F)C1. The quantitative estimate of drug-likeness (QED) is 0.510. The monoisotopic (exact) mass is 468 g/mol. The van der Waals surface area contributed by atoms with Crippen molar-refractivity contribution in [1.82, 2.24) is 14.8 Å². The minimum absolute atomic E-state index is 0.0167. The molecule has 1 N–H and O–H groups in total. The van der Waals surface area contributed by atoms with E-state index >= 15 is 0 Å². The molecule has 4 rings (SSSR count). The van der Waals surface area contributed by atoms with Crippen LogP contribution in [-0.4, -0.2) is 27.8 Å². The van der Waals surface area contributed by atoms with Gasteiger partial charge in [0.15, 0.2) is 5.82 Å². The molecule has 0 aliphatic heterocycles. The number of halogens is 5. The standard InChI is InChI=1S/C22H21F5N4O2/c1-10(12-5-4-6-13(16(12)23)18(24)25)28-19-15-7-14(11-8-22(26,27)9-11)20(33-3)29-17(15)21(32)31(2)30-19/h4-7,10-11,18H,8-9H2,1-3H3,(H,28,30)/t10-/m1/s1. The molecule has 1 aromatic carbocycles. The van der Waals surface area contributed by atoms with E-state index in [0.29, 0.717) is 5.56 Å². The summed E-state index contributed by atoms with van der Waals surface area (Å²) >= 11 is 0. The van der Waals surface area contributed by atoms with Gasteiger partial charge in [-0.3, -0.25) is 4.79 Å². The summed E-state index contributed by atoms with van der Waals surface area (Å²) in [5, 5.41) is 7.36. The zero-order chi connectivity index (χ0) is 24.1. The molecule has 3 aromatic rings. The van der Waals surface area contributed by atoms with Crippen LogP contribution in [-0.2, 0) is 7.05 Å². The lowest BCUT2D eigenvalue weighted by atomic mass is 9.77. The predicted octanol–water partition coefficient (Wildman–Crippen LogP) is 5.10. The Morgan fingerprint density at radius 3 is 2.52 bits per heavy atom. The highest BCUT2D eigenvalue weighted by Gasteiger charge is 2.47. The van der Waals surface area contributed by atoms with Crippen molar-refractivity contribution >= 4 is 16.7 Å². The average Bonchev–Trinajstić information content (AvgIpc) is 2.74. The lowest BCUT2D eigenvalue weighted by Gasteiger charge is -2.35. The third-order valence-electron chi connectivity index (χ3n) is 5.85. The number of ether oxygens (including phenoxy) is 1. The normalized spacial score (nSPS) is 16.6. The Balaban J connectivity index is 1.80. The maximum atomic E-state index is 14.6. The minimum atomic E-state index is -2.98. The van der Waals surface area contributed by atoms with Crippen LogP contribution < -0.4 is 15.6 Å². The van der Waals surface area contributed by atoms with Crippen LogP contribution in [0.25, 0.3) is 10.9 Å². The molecule has 0 bridgehead atoms. The van der Waals surface area contributed by atoms with Gasteiger partial charge < -0.3 is 10.1 Å². The van der Waals surface area contributed by atoms with Gasteiger partial charge in [0.1, 0.15) is 11.3 Å². The maximum absolute atomic E-state index is 14.6. The molecule has 2 aromatic heterocycles. The number of alkyl halides is 4. The Morgan fingerprint density at radius 2 is 1.91 bits per heavy atom. The first kappa shape index (κ1) is 22.9. The second-order valence-corrected chi connectivity index (χ2v) is 8.14. The van der Waals surface area contributed by atoms with Crippen LogP contribution in [0.5, 0.6) is 5.88 Å². The second kappa shape index (κ2) is 8.27. The highest BCUT2D eigenvalue weighted by molar-refractivity contribution is 5.89. The molecular weight excluding hydrogens is 447 g/mol. The van der Waals surface area contributed by atoms with Crippen LogP contribution in [0.3, 0.4) is 0 Å². The Labute approximate surface area is 185 Å². The second-order valence-electron chi connectivity index (χ2n) is 8.14. The number of hydrogen-bond donors (Lipinski definition) is 1. The van der Waals surface area contributed by atoms with E-state index in [1.54, 1.807) is 6.92 Å². The first-order valence-corrected chi connectivity index (χ1v) is 10.2. The molecular formula is C22H21F5N4O2. The molecule has 0 amide bonds. The largest absolute Gasteiger partial charge is 0.481 e. The first-order valence-electron chi connectivity index (χ1n) is 10.2. The van der Waals surface area contributed by atoms with E-state index in [1.807, 2.05) is 0 Å². The van der Waals surface area contributed by atoms with E-state index in [1.165, 1.54) is 32.4 Å². The van der Waals surface area contributed by atoms with Crippen LogP contribution in [0.1, 0.15) is 54.8 Å². The Morgan fingerprint density at radius 1 is 1.24 bits per heavy atom. The van der Waals surface area contributed by atoms with Crippen LogP contribution in [0.15, 0.2) is 29.1 Å². The highest BCUT2D eigenvalue weighted by atomic mass is 19.3. The van der Waals surface area contributed by atoms with Gasteiger partial charge in [-0.25, -0.2) is 31.6 Å². The average molecular weight is 468 g/mol. The molecule has 6 nitrogen and oxygen atoms in total. The number of nitrogens with one attached hydrogen (secondary N) is 1. The number of hydrogen-bond acceptors (Lipinski definition) is 5. The summed E-state index contributed by atoms with van der Waals surface area (Å²) in [7, 11) is 2.73. The molecule has 33 heavy (non-hydrogen) atoms. The highest BCUT2D eigenvalue weighted by Crippen LogP contribution is 2.50. The summed E-state index contributed by atoms with van der Waals surface area (Å²) in [6, 6.07) is 4.41. The van der Waals surface area contributed by atoms with Crippen LogP contribution in [0.2, 0.25) is 0 Å². The summed E-state index contributed by atoms with van der Waals surface area (Å²) in [4.78, 5) is 16.9. The number of methoxy groups -OCH3 is 1. The minimum Gasteiger partial charge on any atom is -0.481 e. The van der Waals surface area contributed by atoms with Crippen molar-refractivity contribution in [3.8, 4) is 5.88 Å². The van der Waals surface area contributed by atoms with Gasteiger partial charge in [-0.15, -0.1) is 0 Å². The molecule has 0 unspecified atom stereocenters. The molecule has 11 heteroatoms. The fourth-order valence-corrected chi connectivity index (χ4v) is 4.06. The van der Waals surface area contributed by atoms with E-state index in [4.69, 9.17) is 4.74 Å². The summed E-state index contributed by atoms with van der Waals surface area (Å²) < 4.78 is 74.1. The third kappa shape index (κ3) is 4.11. The molecule has 0 saturated heterocycles. The Bertz CT molecular complexity index is 1270. The van der Waals surface area contributed by atoms with Gasteiger partial charge in [-0.1, -0.05) is 18.2 Å². The summed E-state index contributed by atoms with van der Waals surface area (Å²) in [6.45, 7) is 1.55. The smallest absolute Gasteiger partial charge is 0.293 e. The van der Waals surface area contributed by atoms with Gasteiger partial charge in [-0.2, -0.15) is 5.10 Å². The zero-order valence-corrected chi connectivity index (χ0v) is 18.0. The molecule has 0 spiro atoms. The van der Waals surface area contributed by atoms with Crippen LogP contribution in [0.4, 0.5) is 27.8 Å². The molecule has 1 saturated carbocycles. The van der Waals surface area contributed by atoms with Gasteiger partial charge in [0.2, 0.25) is 11.8 Å². The number of pyridine rings is 1. The van der Waals surface area contributed by atoms with Crippen molar-refractivity contribution < 1.29 is 26.7 Å². The van der Waals surface area contributed by atoms with Gasteiger partial charge in [0.05, 0.1) is 24.1 Å². The van der Waals surface area contributed by atoms with E-state index < -0.39 is 41.2 Å². The van der Waals surface area contributed by atoms with Gasteiger partial charge in [0, 0.05) is 36.9 Å². The van der Waals surface area contributed by atoms with E-state index in [-0.39, 0.29) is 41.0 Å². The lowest BCUT2D eigenvalue weighted by molar-refractivity contribution is -0.0871. The van der Waals surface area contributed by atoms with E-state index in [2.05, 4.69) is 15.4 Å². The number of fused-ring (bicyclic) bond motifs is 1. The summed E-state index contributed by atoms with van der Waals surface area (Å²) in [5.41, 5.74) is -0.892. The Kier molecular flexibility index (Phi) is 5.75. The van der Waals surface area contributed by atoms with Gasteiger partial charge in [0.25, 0.3) is 12.0 Å². The molecule has 2 heterocycles. The predicted molar refractivity (Wildman–Crippen MR) is 112 cm³/mol. The number of anilines is 1. The van der Waals surface area contributed by atoms with Gasteiger partial charge >= 0.3 is 0 Å². The fourth-order valence-electron chi connectivity index (χ4n) is 4.06. The summed E-state index contributed by atoms with van der Waals surface area (Å²) in [6.07, 6.45) is -3.73. The van der Waals surface area contributed by atoms with Crippen LogP contribution in [0, 0.1) is 5.82 Å². The Hall–Kier alpha value is -3.24. The summed E-state index contributed by atoms with van der Waals surface area (Å²) in [5.74, 6) is -4.14. The van der Waals surface area contributed by atoms with Crippen LogP contribution >= 0.6 is 0 Å². The molecule has 1 aliphatic rings.